The van der Waals surface area contributed by atoms with Crippen LogP contribution in [0.25, 0.3) is 0 Å². The lowest BCUT2D eigenvalue weighted by atomic mass is 9.86. The van der Waals surface area contributed by atoms with Crippen LogP contribution < -0.4 is 21.7 Å². The molecule has 3 aliphatic rings. The van der Waals surface area contributed by atoms with E-state index >= 15 is 0 Å². The molecule has 7 heteroatoms. The highest BCUT2D eigenvalue weighted by Crippen LogP contribution is 2.52. The van der Waals surface area contributed by atoms with Crippen LogP contribution in [0.2, 0.25) is 0 Å². The first-order valence-corrected chi connectivity index (χ1v) is 11.1. The number of hydrogen-bond donors (Lipinski definition) is 3. The van der Waals surface area contributed by atoms with Crippen molar-refractivity contribution in [3.63, 3.8) is 0 Å². The number of aromatic nitrogens is 2. The van der Waals surface area contributed by atoms with E-state index in [0.29, 0.717) is 28.9 Å². The van der Waals surface area contributed by atoms with Crippen molar-refractivity contribution in [3.05, 3.63) is 42.0 Å². The van der Waals surface area contributed by atoms with E-state index in [2.05, 4.69) is 15.2 Å². The maximum atomic E-state index is 13.1. The SMILES string of the molecule is Nc1ccc(C2CC3CCC2C3)nc1C(=O)Nc1cnccc1N1CCC[C@H](N)C1. The van der Waals surface area contributed by atoms with Crippen LogP contribution >= 0.6 is 0 Å². The molecular weight excluding hydrogens is 376 g/mol. The summed E-state index contributed by atoms with van der Waals surface area (Å²) in [6.45, 7) is 1.69. The molecule has 1 aliphatic heterocycles. The Hall–Kier alpha value is -2.67. The third-order valence-electron chi connectivity index (χ3n) is 7.13. The molecule has 2 aromatic heterocycles. The van der Waals surface area contributed by atoms with Crippen LogP contribution in [0.5, 0.6) is 0 Å². The fourth-order valence-corrected chi connectivity index (χ4v) is 5.65. The number of amides is 1. The molecule has 1 amide bonds. The van der Waals surface area contributed by atoms with E-state index < -0.39 is 0 Å². The van der Waals surface area contributed by atoms with E-state index in [4.69, 9.17) is 16.5 Å². The van der Waals surface area contributed by atoms with Gasteiger partial charge in [-0.15, -0.1) is 0 Å². The number of nitrogens with one attached hydrogen (secondary N) is 1. The van der Waals surface area contributed by atoms with Crippen molar-refractivity contribution in [1.82, 2.24) is 9.97 Å². The highest BCUT2D eigenvalue weighted by atomic mass is 16.1. The van der Waals surface area contributed by atoms with Gasteiger partial charge in [0, 0.05) is 36.9 Å². The topological polar surface area (TPSA) is 110 Å². The molecule has 2 aromatic rings. The Morgan fingerprint density at radius 1 is 1.17 bits per heavy atom. The molecule has 30 heavy (non-hydrogen) atoms. The van der Waals surface area contributed by atoms with Crippen molar-refractivity contribution in [2.75, 3.05) is 29.0 Å². The highest BCUT2D eigenvalue weighted by molar-refractivity contribution is 6.07. The third-order valence-corrected chi connectivity index (χ3v) is 7.13. The lowest BCUT2D eigenvalue weighted by Crippen LogP contribution is -2.43. The van der Waals surface area contributed by atoms with Gasteiger partial charge >= 0.3 is 0 Å². The molecule has 2 aliphatic carbocycles. The monoisotopic (exact) mass is 406 g/mol. The van der Waals surface area contributed by atoms with Crippen molar-refractivity contribution in [3.8, 4) is 0 Å². The van der Waals surface area contributed by atoms with Gasteiger partial charge in [-0.2, -0.15) is 0 Å². The molecule has 0 spiro atoms. The Kier molecular flexibility index (Phi) is 5.06. The highest BCUT2D eigenvalue weighted by Gasteiger charge is 2.41. The van der Waals surface area contributed by atoms with Gasteiger partial charge in [-0.05, 0) is 62.1 Å². The summed E-state index contributed by atoms with van der Waals surface area (Å²) >= 11 is 0. The molecule has 1 saturated heterocycles. The van der Waals surface area contributed by atoms with E-state index in [9.17, 15) is 4.79 Å². The van der Waals surface area contributed by atoms with E-state index in [1.165, 1.54) is 25.7 Å². The van der Waals surface area contributed by atoms with Crippen molar-refractivity contribution in [2.45, 2.75) is 50.5 Å². The zero-order chi connectivity index (χ0) is 20.7. The number of nitrogen functional groups attached to an aromatic ring is 1. The number of hydrogen-bond acceptors (Lipinski definition) is 6. The Bertz CT molecular complexity index is 947. The molecule has 3 fully saturated rings. The second-order valence-electron chi connectivity index (χ2n) is 9.15. The summed E-state index contributed by atoms with van der Waals surface area (Å²) in [6.07, 6.45) is 10.6. The minimum atomic E-state index is -0.284. The van der Waals surface area contributed by atoms with Crippen molar-refractivity contribution in [1.29, 1.82) is 0 Å². The van der Waals surface area contributed by atoms with E-state index in [-0.39, 0.29) is 11.9 Å². The summed E-state index contributed by atoms with van der Waals surface area (Å²) in [5.74, 6) is 1.70. The number of fused-ring (bicyclic) bond motifs is 2. The first kappa shape index (κ1) is 19.3. The average molecular weight is 407 g/mol. The van der Waals surface area contributed by atoms with Gasteiger partial charge in [-0.1, -0.05) is 6.42 Å². The van der Waals surface area contributed by atoms with E-state index in [1.807, 2.05) is 18.2 Å². The number of nitrogens with zero attached hydrogens (tertiary/aromatic N) is 3. The third kappa shape index (κ3) is 3.62. The number of rotatable bonds is 4. The fraction of sp³-hybridized carbons (Fsp3) is 0.522. The standard InChI is InChI=1S/C23H30N6O/c24-16-2-1-9-29(13-16)21-7-8-26-12-20(21)28-23(30)22-18(25)5-6-19(27-22)17-11-14-3-4-15(17)10-14/h5-8,12,14-17H,1-4,9-11,13,24-25H2,(H,28,30)/t14?,15?,16-,17?/m0/s1. The minimum absolute atomic E-state index is 0.145. The van der Waals surface area contributed by atoms with Crippen LogP contribution in [0.3, 0.4) is 0 Å². The molecule has 4 atom stereocenters. The fourth-order valence-electron chi connectivity index (χ4n) is 5.65. The quantitative estimate of drug-likeness (QED) is 0.719. The van der Waals surface area contributed by atoms with Crippen LogP contribution in [-0.4, -0.2) is 35.0 Å². The minimum Gasteiger partial charge on any atom is -0.397 e. The zero-order valence-electron chi connectivity index (χ0n) is 17.3. The first-order valence-electron chi connectivity index (χ1n) is 11.1. The van der Waals surface area contributed by atoms with Crippen molar-refractivity contribution < 1.29 is 4.79 Å². The van der Waals surface area contributed by atoms with Gasteiger partial charge < -0.3 is 21.7 Å². The molecular formula is C23H30N6O. The summed E-state index contributed by atoms with van der Waals surface area (Å²) in [5.41, 5.74) is 15.6. The molecule has 7 nitrogen and oxygen atoms in total. The molecule has 2 bridgehead atoms. The van der Waals surface area contributed by atoms with Gasteiger partial charge in [-0.25, -0.2) is 4.98 Å². The van der Waals surface area contributed by atoms with E-state index in [1.54, 1.807) is 12.4 Å². The second kappa shape index (κ2) is 7.87. The number of carbonyl (C=O) groups is 1. The van der Waals surface area contributed by atoms with Crippen LogP contribution in [0.1, 0.15) is 60.6 Å². The predicted octanol–water partition coefficient (Wildman–Crippen LogP) is 3.14. The van der Waals surface area contributed by atoms with Crippen LogP contribution in [0.15, 0.2) is 30.6 Å². The van der Waals surface area contributed by atoms with E-state index in [0.717, 1.165) is 43.2 Å². The molecule has 0 aromatic carbocycles. The number of nitrogens with two attached hydrogens (primary N) is 2. The molecule has 5 rings (SSSR count). The van der Waals surface area contributed by atoms with Crippen LogP contribution in [0.4, 0.5) is 17.1 Å². The number of carbonyl (C=O) groups excluding carboxylic acids is 1. The lowest BCUT2D eigenvalue weighted by Gasteiger charge is -2.33. The summed E-state index contributed by atoms with van der Waals surface area (Å²) < 4.78 is 0. The van der Waals surface area contributed by atoms with Crippen molar-refractivity contribution >= 4 is 23.0 Å². The van der Waals surface area contributed by atoms with Crippen LogP contribution in [-0.2, 0) is 0 Å². The smallest absolute Gasteiger partial charge is 0.276 e. The van der Waals surface area contributed by atoms with Gasteiger partial charge in [0.2, 0.25) is 0 Å². The van der Waals surface area contributed by atoms with Gasteiger partial charge in [0.15, 0.2) is 5.69 Å². The number of pyridine rings is 2. The lowest BCUT2D eigenvalue weighted by molar-refractivity contribution is 0.102. The summed E-state index contributed by atoms with van der Waals surface area (Å²) in [7, 11) is 0. The average Bonchev–Trinajstić information content (AvgIpc) is 3.38. The van der Waals surface area contributed by atoms with Gasteiger partial charge in [0.05, 0.1) is 23.3 Å². The molecule has 3 heterocycles. The number of piperidine rings is 1. The van der Waals surface area contributed by atoms with Crippen molar-refractivity contribution in [2.24, 2.45) is 17.6 Å². The summed E-state index contributed by atoms with van der Waals surface area (Å²) in [4.78, 5) is 24.3. The Balaban J connectivity index is 1.38. The molecule has 5 N–H and O–H groups in total. The molecule has 3 unspecified atom stereocenters. The second-order valence-corrected chi connectivity index (χ2v) is 9.15. The molecule has 158 valence electrons. The summed E-state index contributed by atoms with van der Waals surface area (Å²) in [6, 6.07) is 5.90. The maximum Gasteiger partial charge on any atom is 0.276 e. The largest absolute Gasteiger partial charge is 0.397 e. The van der Waals surface area contributed by atoms with Crippen LogP contribution in [0, 0.1) is 11.8 Å². The normalized spacial score (nSPS) is 28.0. The van der Waals surface area contributed by atoms with Gasteiger partial charge in [0.1, 0.15) is 0 Å². The Morgan fingerprint density at radius 3 is 2.83 bits per heavy atom. The predicted molar refractivity (Wildman–Crippen MR) is 118 cm³/mol. The maximum absolute atomic E-state index is 13.1. The Labute approximate surface area is 177 Å². The Morgan fingerprint density at radius 2 is 2.07 bits per heavy atom. The van der Waals surface area contributed by atoms with Gasteiger partial charge in [0.25, 0.3) is 5.91 Å². The first-order chi connectivity index (χ1) is 14.6. The number of anilines is 3. The molecule has 0 radical (unpaired) electrons. The summed E-state index contributed by atoms with van der Waals surface area (Å²) in [5, 5.41) is 3.01. The molecule has 2 saturated carbocycles. The zero-order valence-corrected chi connectivity index (χ0v) is 17.3. The van der Waals surface area contributed by atoms with Gasteiger partial charge in [-0.3, -0.25) is 9.78 Å².